The van der Waals surface area contributed by atoms with E-state index >= 15 is 0 Å². The Labute approximate surface area is 248 Å². The molecule has 4 rings (SSSR count). The Morgan fingerprint density at radius 1 is 0.976 bits per heavy atom. The molecule has 1 aliphatic rings. The highest BCUT2D eigenvalue weighted by Crippen LogP contribution is 2.29. The number of nitrogens with zero attached hydrogens (tertiary/aromatic N) is 2. The predicted octanol–water partition coefficient (Wildman–Crippen LogP) is 6.02. The Kier molecular flexibility index (Phi) is 10.1. The van der Waals surface area contributed by atoms with Gasteiger partial charge in [0.05, 0.1) is 10.6 Å². The molecule has 41 heavy (non-hydrogen) atoms. The summed E-state index contributed by atoms with van der Waals surface area (Å²) >= 11 is 6.49. The van der Waals surface area contributed by atoms with Gasteiger partial charge >= 0.3 is 0 Å². The molecular formula is C32H38ClN3O4S. The van der Waals surface area contributed by atoms with Crippen molar-refractivity contribution in [2.75, 3.05) is 10.8 Å². The molecule has 2 amide bonds. The van der Waals surface area contributed by atoms with E-state index in [0.717, 1.165) is 35.6 Å². The second-order valence-electron chi connectivity index (χ2n) is 10.6. The molecule has 7 nitrogen and oxygen atoms in total. The van der Waals surface area contributed by atoms with Crippen LogP contribution >= 0.6 is 11.6 Å². The Bertz CT molecular complexity index is 1470. The molecule has 0 unspecified atom stereocenters. The fourth-order valence-electron chi connectivity index (χ4n) is 5.32. The van der Waals surface area contributed by atoms with Crippen LogP contribution in [0, 0.1) is 13.8 Å². The highest BCUT2D eigenvalue weighted by atomic mass is 35.5. The normalized spacial score (nSPS) is 14.4. The van der Waals surface area contributed by atoms with Crippen molar-refractivity contribution in [1.29, 1.82) is 0 Å². The topological polar surface area (TPSA) is 86.8 Å². The maximum Gasteiger partial charge on any atom is 0.264 e. The van der Waals surface area contributed by atoms with Gasteiger partial charge in [0.2, 0.25) is 11.8 Å². The molecule has 3 aromatic carbocycles. The second-order valence-corrected chi connectivity index (χ2v) is 12.9. The molecule has 0 aromatic heterocycles. The summed E-state index contributed by atoms with van der Waals surface area (Å²) in [6.07, 6.45) is 4.31. The Balaban J connectivity index is 1.75. The minimum atomic E-state index is -4.12. The van der Waals surface area contributed by atoms with Gasteiger partial charge < -0.3 is 10.2 Å². The Morgan fingerprint density at radius 3 is 2.29 bits per heavy atom. The molecule has 1 fully saturated rings. The van der Waals surface area contributed by atoms with E-state index in [0.29, 0.717) is 28.3 Å². The molecule has 1 saturated carbocycles. The number of halogens is 1. The van der Waals surface area contributed by atoms with E-state index in [-0.39, 0.29) is 23.4 Å². The third-order valence-corrected chi connectivity index (χ3v) is 9.77. The summed E-state index contributed by atoms with van der Waals surface area (Å²) in [5.41, 5.74) is 2.68. The number of amides is 2. The summed E-state index contributed by atoms with van der Waals surface area (Å²) in [5, 5.41) is 3.60. The lowest BCUT2D eigenvalue weighted by molar-refractivity contribution is -0.140. The number of aryl methyl sites for hydroxylation is 2. The van der Waals surface area contributed by atoms with Crippen molar-refractivity contribution in [3.63, 3.8) is 0 Å². The van der Waals surface area contributed by atoms with Gasteiger partial charge in [-0.15, -0.1) is 0 Å². The predicted molar refractivity (Wildman–Crippen MR) is 163 cm³/mol. The first-order valence-corrected chi connectivity index (χ1v) is 15.9. The third kappa shape index (κ3) is 7.29. The van der Waals surface area contributed by atoms with Crippen molar-refractivity contribution < 1.29 is 18.0 Å². The van der Waals surface area contributed by atoms with Crippen LogP contribution in [0.3, 0.4) is 0 Å². The lowest BCUT2D eigenvalue weighted by atomic mass is 10.1. The minimum absolute atomic E-state index is 0.0706. The molecule has 1 aliphatic carbocycles. The number of carbonyl (C=O) groups is 2. The number of hydrogen-bond acceptors (Lipinski definition) is 4. The highest BCUT2D eigenvalue weighted by molar-refractivity contribution is 7.92. The lowest BCUT2D eigenvalue weighted by Crippen LogP contribution is -2.53. The van der Waals surface area contributed by atoms with Gasteiger partial charge in [0.25, 0.3) is 10.0 Å². The van der Waals surface area contributed by atoms with Gasteiger partial charge in [-0.2, -0.15) is 0 Å². The summed E-state index contributed by atoms with van der Waals surface area (Å²) in [4.78, 5) is 29.4. The average molecular weight is 596 g/mol. The van der Waals surface area contributed by atoms with Crippen LogP contribution in [0.2, 0.25) is 5.02 Å². The van der Waals surface area contributed by atoms with Gasteiger partial charge in [0, 0.05) is 17.6 Å². The molecular weight excluding hydrogens is 558 g/mol. The zero-order valence-electron chi connectivity index (χ0n) is 23.8. The molecule has 1 N–H and O–H groups in total. The lowest BCUT2D eigenvalue weighted by Gasteiger charge is -2.34. The standard InChI is InChI=1S/C32H38ClN3O4S/c1-4-29(32(38)34-26-13-9-10-14-26)35(21-25-12-8-11-17-28(25)33)31(37)22-36(30-20-23(2)18-19-24(30)3)41(39,40)27-15-6-5-7-16-27/h5-8,11-12,15-20,26,29H,4,9-10,13-14,21-22H2,1-3H3,(H,34,38)/t29-/m1/s1. The van der Waals surface area contributed by atoms with Crippen molar-refractivity contribution in [2.45, 2.75) is 76.4 Å². The Hall–Kier alpha value is -3.36. The van der Waals surface area contributed by atoms with E-state index in [1.165, 1.54) is 17.0 Å². The number of sulfonamides is 1. The number of hydrogen-bond donors (Lipinski definition) is 1. The molecule has 0 radical (unpaired) electrons. The molecule has 218 valence electrons. The van der Waals surface area contributed by atoms with Gasteiger partial charge in [0.15, 0.2) is 0 Å². The Morgan fingerprint density at radius 2 is 1.63 bits per heavy atom. The summed E-state index contributed by atoms with van der Waals surface area (Å²) in [6.45, 7) is 5.15. The monoisotopic (exact) mass is 595 g/mol. The van der Waals surface area contributed by atoms with Crippen LogP contribution in [-0.2, 0) is 26.2 Å². The molecule has 0 saturated heterocycles. The molecule has 0 heterocycles. The molecule has 3 aromatic rings. The zero-order valence-corrected chi connectivity index (χ0v) is 25.4. The fourth-order valence-corrected chi connectivity index (χ4v) is 7.01. The van der Waals surface area contributed by atoms with Crippen molar-refractivity contribution >= 4 is 39.1 Å². The van der Waals surface area contributed by atoms with Crippen LogP contribution in [0.5, 0.6) is 0 Å². The third-order valence-electron chi connectivity index (χ3n) is 7.63. The highest BCUT2D eigenvalue weighted by Gasteiger charge is 2.35. The van der Waals surface area contributed by atoms with Crippen molar-refractivity contribution in [3.8, 4) is 0 Å². The fraction of sp³-hybridized carbons (Fsp3) is 0.375. The van der Waals surface area contributed by atoms with Crippen LogP contribution in [0.1, 0.15) is 55.7 Å². The van der Waals surface area contributed by atoms with Gasteiger partial charge in [-0.05, 0) is 74.1 Å². The number of benzene rings is 3. The van der Waals surface area contributed by atoms with Crippen LogP contribution in [-0.4, -0.2) is 43.8 Å². The zero-order chi connectivity index (χ0) is 29.6. The number of anilines is 1. The van der Waals surface area contributed by atoms with Crippen molar-refractivity contribution in [2.24, 2.45) is 0 Å². The summed E-state index contributed by atoms with van der Waals surface area (Å²) in [7, 11) is -4.12. The first kappa shape index (κ1) is 30.6. The second kappa shape index (κ2) is 13.5. The van der Waals surface area contributed by atoms with Crippen molar-refractivity contribution in [1.82, 2.24) is 10.2 Å². The first-order chi connectivity index (χ1) is 19.6. The number of nitrogens with one attached hydrogen (secondary N) is 1. The van der Waals surface area contributed by atoms with Crippen LogP contribution < -0.4 is 9.62 Å². The SMILES string of the molecule is CC[C@H](C(=O)NC1CCCC1)N(Cc1ccccc1Cl)C(=O)CN(c1cc(C)ccc1C)S(=O)(=O)c1ccccc1. The van der Waals surface area contributed by atoms with E-state index in [2.05, 4.69) is 5.32 Å². The van der Waals surface area contributed by atoms with Gasteiger partial charge in [-0.3, -0.25) is 13.9 Å². The maximum atomic E-state index is 14.3. The maximum absolute atomic E-state index is 14.3. The molecule has 0 spiro atoms. The molecule has 9 heteroatoms. The van der Waals surface area contributed by atoms with Crippen LogP contribution in [0.25, 0.3) is 0 Å². The summed E-state index contributed by atoms with van der Waals surface area (Å²) in [5.74, 6) is -0.720. The van der Waals surface area contributed by atoms with Gasteiger partial charge in [-0.25, -0.2) is 8.42 Å². The summed E-state index contributed by atoms with van der Waals surface area (Å²) < 4.78 is 29.2. The van der Waals surface area contributed by atoms with Crippen LogP contribution in [0.4, 0.5) is 5.69 Å². The quantitative estimate of drug-likeness (QED) is 0.294. The average Bonchev–Trinajstić information content (AvgIpc) is 3.47. The van der Waals surface area contributed by atoms with Crippen LogP contribution in [0.15, 0.2) is 77.7 Å². The number of carbonyl (C=O) groups excluding carboxylic acids is 2. The van der Waals surface area contributed by atoms with E-state index in [9.17, 15) is 18.0 Å². The van der Waals surface area contributed by atoms with E-state index in [1.54, 1.807) is 36.4 Å². The number of rotatable bonds is 11. The van der Waals surface area contributed by atoms with E-state index < -0.39 is 28.5 Å². The summed E-state index contributed by atoms with van der Waals surface area (Å²) in [6, 6.07) is 20.1. The molecule has 1 atom stereocenters. The minimum Gasteiger partial charge on any atom is -0.352 e. The van der Waals surface area contributed by atoms with Crippen molar-refractivity contribution in [3.05, 3.63) is 94.5 Å². The van der Waals surface area contributed by atoms with Gasteiger partial charge in [-0.1, -0.05) is 79.9 Å². The van der Waals surface area contributed by atoms with E-state index in [4.69, 9.17) is 11.6 Å². The smallest absolute Gasteiger partial charge is 0.264 e. The largest absolute Gasteiger partial charge is 0.352 e. The molecule has 0 aliphatic heterocycles. The molecule has 0 bridgehead atoms. The van der Waals surface area contributed by atoms with Gasteiger partial charge in [0.1, 0.15) is 12.6 Å². The first-order valence-electron chi connectivity index (χ1n) is 14.1. The van der Waals surface area contributed by atoms with E-state index in [1.807, 2.05) is 45.0 Å².